The van der Waals surface area contributed by atoms with Crippen LogP contribution in [0.2, 0.25) is 0 Å². The zero-order chi connectivity index (χ0) is 20.1. The van der Waals surface area contributed by atoms with Gasteiger partial charge in [0, 0.05) is 19.8 Å². The van der Waals surface area contributed by atoms with Gasteiger partial charge in [0.15, 0.2) is 0 Å². The van der Waals surface area contributed by atoms with Crippen LogP contribution in [-0.4, -0.2) is 34.9 Å². The van der Waals surface area contributed by atoms with Crippen molar-refractivity contribution in [2.45, 2.75) is 43.9 Å². The molecule has 0 radical (unpaired) electrons. The van der Waals surface area contributed by atoms with E-state index in [2.05, 4.69) is 10.3 Å². The largest absolute Gasteiger partial charge is 0.416 e. The topological polar surface area (TPSA) is 45.2 Å². The highest BCUT2D eigenvalue weighted by Crippen LogP contribution is 2.39. The van der Waals surface area contributed by atoms with Gasteiger partial charge in [-0.15, -0.1) is 0 Å². The van der Waals surface area contributed by atoms with Crippen LogP contribution in [0.25, 0.3) is 11.1 Å². The highest BCUT2D eigenvalue weighted by Gasteiger charge is 2.50. The number of carbonyl (C=O) groups is 1. The predicted molar refractivity (Wildman–Crippen MR) is 99.5 cm³/mol. The molecule has 2 aromatic rings. The maximum absolute atomic E-state index is 12.8. The Hall–Kier alpha value is -2.41. The standard InChI is InChI=1S/C21H22F3N3O/c1-13-12-25-18(17-7-8-20(26-17)9-10-27(2)19(20)28)11-16(13)14-3-5-15(6-4-14)21(22,23)24/h3-6,11-12,17,26H,7-10H2,1-2H3/t17-,20+/m1/s1. The molecule has 2 atom stereocenters. The highest BCUT2D eigenvalue weighted by molar-refractivity contribution is 5.88. The minimum absolute atomic E-state index is 0.0377. The number of nitrogens with one attached hydrogen (secondary N) is 1. The number of likely N-dealkylation sites (N-methyl/N-ethyl adjacent to an activating group) is 1. The van der Waals surface area contributed by atoms with E-state index < -0.39 is 17.3 Å². The van der Waals surface area contributed by atoms with E-state index in [9.17, 15) is 18.0 Å². The van der Waals surface area contributed by atoms with Crippen LogP contribution in [0.3, 0.4) is 0 Å². The summed E-state index contributed by atoms with van der Waals surface area (Å²) < 4.78 is 38.5. The molecular weight excluding hydrogens is 367 g/mol. The Morgan fingerprint density at radius 3 is 2.54 bits per heavy atom. The quantitative estimate of drug-likeness (QED) is 0.841. The molecule has 7 heteroatoms. The summed E-state index contributed by atoms with van der Waals surface area (Å²) >= 11 is 0. The number of pyridine rings is 1. The van der Waals surface area contributed by atoms with Gasteiger partial charge in [-0.1, -0.05) is 12.1 Å². The van der Waals surface area contributed by atoms with Crippen molar-refractivity contribution < 1.29 is 18.0 Å². The number of benzene rings is 1. The van der Waals surface area contributed by atoms with Gasteiger partial charge in [-0.2, -0.15) is 13.2 Å². The number of hydrogen-bond donors (Lipinski definition) is 1. The molecule has 0 saturated carbocycles. The number of amides is 1. The third-order valence-electron chi connectivity index (χ3n) is 5.94. The number of alkyl halides is 3. The van der Waals surface area contributed by atoms with E-state index in [1.165, 1.54) is 12.1 Å². The van der Waals surface area contributed by atoms with Gasteiger partial charge >= 0.3 is 6.18 Å². The fourth-order valence-electron chi connectivity index (χ4n) is 4.27. The zero-order valence-electron chi connectivity index (χ0n) is 15.8. The Kier molecular flexibility index (Phi) is 4.45. The minimum atomic E-state index is -4.35. The number of rotatable bonds is 2. The van der Waals surface area contributed by atoms with Crippen molar-refractivity contribution in [2.24, 2.45) is 0 Å². The molecule has 0 aliphatic carbocycles. The van der Waals surface area contributed by atoms with Gasteiger partial charge in [0.1, 0.15) is 5.54 Å². The first-order valence-electron chi connectivity index (χ1n) is 9.37. The molecule has 1 aromatic carbocycles. The van der Waals surface area contributed by atoms with Crippen molar-refractivity contribution in [3.63, 3.8) is 0 Å². The van der Waals surface area contributed by atoms with Gasteiger partial charge in [-0.3, -0.25) is 15.1 Å². The van der Waals surface area contributed by atoms with Crippen LogP contribution in [0, 0.1) is 6.92 Å². The molecule has 2 saturated heterocycles. The molecule has 3 heterocycles. The van der Waals surface area contributed by atoms with Crippen LogP contribution in [0.4, 0.5) is 13.2 Å². The number of halogens is 3. The van der Waals surface area contributed by atoms with Crippen LogP contribution >= 0.6 is 0 Å². The molecule has 0 unspecified atom stereocenters. The summed E-state index contributed by atoms with van der Waals surface area (Å²) in [7, 11) is 1.82. The fraction of sp³-hybridized carbons (Fsp3) is 0.429. The molecule has 1 amide bonds. The van der Waals surface area contributed by atoms with Crippen molar-refractivity contribution >= 4 is 5.91 Å². The van der Waals surface area contributed by atoms with E-state index in [-0.39, 0.29) is 11.9 Å². The molecule has 2 aliphatic rings. The van der Waals surface area contributed by atoms with Gasteiger partial charge in [-0.05, 0) is 61.1 Å². The van der Waals surface area contributed by atoms with Gasteiger partial charge in [0.2, 0.25) is 5.91 Å². The van der Waals surface area contributed by atoms with Gasteiger partial charge < -0.3 is 4.90 Å². The van der Waals surface area contributed by atoms with Crippen molar-refractivity contribution in [2.75, 3.05) is 13.6 Å². The minimum Gasteiger partial charge on any atom is -0.344 e. The molecule has 1 aromatic heterocycles. The van der Waals surface area contributed by atoms with Crippen LogP contribution in [0.15, 0.2) is 36.5 Å². The lowest BCUT2D eigenvalue weighted by molar-refractivity contribution is -0.137. The van der Waals surface area contributed by atoms with E-state index >= 15 is 0 Å². The summed E-state index contributed by atoms with van der Waals surface area (Å²) in [6, 6.07) is 7.08. The molecule has 1 N–H and O–H groups in total. The molecule has 4 rings (SSSR count). The van der Waals surface area contributed by atoms with Crippen LogP contribution in [0.1, 0.15) is 42.1 Å². The van der Waals surface area contributed by atoms with Crippen LogP contribution < -0.4 is 5.32 Å². The number of carbonyl (C=O) groups excluding carboxylic acids is 1. The fourth-order valence-corrected chi connectivity index (χ4v) is 4.27. The predicted octanol–water partition coefficient (Wildman–Crippen LogP) is 4.10. The lowest BCUT2D eigenvalue weighted by Crippen LogP contribution is -2.47. The maximum Gasteiger partial charge on any atom is 0.416 e. The number of aryl methyl sites for hydroxylation is 1. The Labute approximate surface area is 161 Å². The second-order valence-corrected chi connectivity index (χ2v) is 7.79. The second-order valence-electron chi connectivity index (χ2n) is 7.79. The van der Waals surface area contributed by atoms with Crippen molar-refractivity contribution in [1.29, 1.82) is 0 Å². The van der Waals surface area contributed by atoms with E-state index in [4.69, 9.17) is 0 Å². The molecule has 2 aliphatic heterocycles. The molecule has 1 spiro atoms. The van der Waals surface area contributed by atoms with E-state index in [1.54, 1.807) is 11.1 Å². The van der Waals surface area contributed by atoms with E-state index in [0.29, 0.717) is 0 Å². The van der Waals surface area contributed by atoms with Gasteiger partial charge in [0.05, 0.1) is 17.3 Å². The van der Waals surface area contributed by atoms with Crippen molar-refractivity contribution in [3.05, 3.63) is 53.3 Å². The average Bonchev–Trinajstić information content (AvgIpc) is 3.22. The summed E-state index contributed by atoms with van der Waals surface area (Å²) in [6.07, 6.45) is -0.234. The summed E-state index contributed by atoms with van der Waals surface area (Å²) in [5.74, 6) is 0.130. The summed E-state index contributed by atoms with van der Waals surface area (Å²) in [5, 5.41) is 3.49. The third kappa shape index (κ3) is 3.17. The Balaban J connectivity index is 1.61. The first-order chi connectivity index (χ1) is 13.2. The highest BCUT2D eigenvalue weighted by atomic mass is 19.4. The normalized spacial score (nSPS) is 25.1. The number of aromatic nitrogens is 1. The first kappa shape index (κ1) is 18.9. The molecule has 0 bridgehead atoms. The van der Waals surface area contributed by atoms with Gasteiger partial charge in [-0.25, -0.2) is 0 Å². The Morgan fingerprint density at radius 1 is 1.21 bits per heavy atom. The molecule has 2 fully saturated rings. The van der Waals surface area contributed by atoms with Crippen LogP contribution in [0.5, 0.6) is 0 Å². The van der Waals surface area contributed by atoms with E-state index in [1.807, 2.05) is 20.0 Å². The second kappa shape index (κ2) is 6.58. The number of hydrogen-bond acceptors (Lipinski definition) is 3. The SMILES string of the molecule is Cc1cnc([C@H]2CC[C@@]3(CCN(C)C3=O)N2)cc1-c1ccc(C(F)(F)F)cc1. The van der Waals surface area contributed by atoms with Crippen molar-refractivity contribution in [3.8, 4) is 11.1 Å². The smallest absolute Gasteiger partial charge is 0.344 e. The summed E-state index contributed by atoms with van der Waals surface area (Å²) in [5.41, 5.74) is 2.13. The molecule has 4 nitrogen and oxygen atoms in total. The average molecular weight is 389 g/mol. The van der Waals surface area contributed by atoms with Crippen molar-refractivity contribution in [1.82, 2.24) is 15.2 Å². The first-order valence-corrected chi connectivity index (χ1v) is 9.37. The Morgan fingerprint density at radius 2 is 1.93 bits per heavy atom. The summed E-state index contributed by atoms with van der Waals surface area (Å²) in [6.45, 7) is 2.64. The zero-order valence-corrected chi connectivity index (χ0v) is 15.8. The lowest BCUT2D eigenvalue weighted by Gasteiger charge is -2.23. The molecule has 148 valence electrons. The third-order valence-corrected chi connectivity index (χ3v) is 5.94. The van der Waals surface area contributed by atoms with Gasteiger partial charge in [0.25, 0.3) is 0 Å². The number of likely N-dealkylation sites (tertiary alicyclic amines) is 1. The van der Waals surface area contributed by atoms with E-state index in [0.717, 1.165) is 60.3 Å². The maximum atomic E-state index is 12.8. The summed E-state index contributed by atoms with van der Waals surface area (Å²) in [4.78, 5) is 18.8. The monoisotopic (exact) mass is 389 g/mol. The van der Waals surface area contributed by atoms with Crippen LogP contribution in [-0.2, 0) is 11.0 Å². The molecule has 28 heavy (non-hydrogen) atoms. The number of nitrogens with zero attached hydrogens (tertiary/aromatic N) is 2. The molecular formula is C21H22F3N3O. The lowest BCUT2D eigenvalue weighted by atomic mass is 9.96. The Bertz CT molecular complexity index is 910.